The van der Waals surface area contributed by atoms with Crippen molar-refractivity contribution in [3.63, 3.8) is 0 Å². The number of imide groups is 1. The molecule has 3 N–H and O–H groups in total. The van der Waals surface area contributed by atoms with E-state index in [-0.39, 0.29) is 18.8 Å². The molecule has 1 aliphatic heterocycles. The van der Waals surface area contributed by atoms with Crippen molar-refractivity contribution in [2.45, 2.75) is 19.5 Å². The van der Waals surface area contributed by atoms with Crippen molar-refractivity contribution in [1.29, 1.82) is 0 Å². The molecule has 2 amide bonds. The van der Waals surface area contributed by atoms with Crippen LogP contribution in [-0.4, -0.2) is 24.4 Å². The molecular weight excluding hydrogens is 237 g/mol. The van der Waals surface area contributed by atoms with E-state index in [0.717, 1.165) is 0 Å². The fraction of sp³-hybridized carbons (Fsp3) is 0.333. The molecule has 0 bridgehead atoms. The van der Waals surface area contributed by atoms with Gasteiger partial charge in [0.1, 0.15) is 11.9 Å². The van der Waals surface area contributed by atoms with E-state index < -0.39 is 23.7 Å². The van der Waals surface area contributed by atoms with Gasteiger partial charge in [0, 0.05) is 6.54 Å². The minimum absolute atomic E-state index is 0.0359. The van der Waals surface area contributed by atoms with Crippen LogP contribution < -0.4 is 16.0 Å². The zero-order valence-electron chi connectivity index (χ0n) is 9.94. The van der Waals surface area contributed by atoms with Crippen LogP contribution in [0.2, 0.25) is 0 Å². The van der Waals surface area contributed by atoms with Crippen LogP contribution in [0.25, 0.3) is 0 Å². The Bertz CT molecular complexity index is 504. The summed E-state index contributed by atoms with van der Waals surface area (Å²) in [7, 11) is 0. The molecular formula is C12H14FN3O2. The Morgan fingerprint density at radius 3 is 2.83 bits per heavy atom. The van der Waals surface area contributed by atoms with Crippen molar-refractivity contribution in [3.05, 3.63) is 29.6 Å². The Morgan fingerprint density at radius 1 is 1.50 bits per heavy atom. The molecule has 1 saturated heterocycles. The topological polar surface area (TPSA) is 75.4 Å². The molecule has 2 rings (SSSR count). The van der Waals surface area contributed by atoms with Gasteiger partial charge in [0.2, 0.25) is 11.8 Å². The lowest BCUT2D eigenvalue weighted by Gasteiger charge is -2.33. The first-order valence-corrected chi connectivity index (χ1v) is 5.61. The van der Waals surface area contributed by atoms with Gasteiger partial charge in [-0.3, -0.25) is 14.9 Å². The van der Waals surface area contributed by atoms with Gasteiger partial charge in [-0.05, 0) is 24.6 Å². The molecule has 96 valence electrons. The lowest BCUT2D eigenvalue weighted by atomic mass is 10.1. The summed E-state index contributed by atoms with van der Waals surface area (Å²) in [5.74, 6) is -1.33. The van der Waals surface area contributed by atoms with Crippen LogP contribution in [0.15, 0.2) is 18.2 Å². The maximum Gasteiger partial charge on any atom is 0.249 e. The van der Waals surface area contributed by atoms with Gasteiger partial charge in [-0.2, -0.15) is 0 Å². The van der Waals surface area contributed by atoms with E-state index in [2.05, 4.69) is 5.32 Å². The number of nitrogens with two attached hydrogens (primary N) is 1. The number of carbonyl (C=O) groups is 2. The third kappa shape index (κ3) is 2.19. The lowest BCUT2D eigenvalue weighted by Crippen LogP contribution is -2.57. The first kappa shape index (κ1) is 12.5. The number of nitrogens with zero attached hydrogens (tertiary/aromatic N) is 1. The highest BCUT2D eigenvalue weighted by atomic mass is 19.1. The van der Waals surface area contributed by atoms with Gasteiger partial charge < -0.3 is 10.6 Å². The molecule has 0 aliphatic carbocycles. The van der Waals surface area contributed by atoms with E-state index in [1.165, 1.54) is 11.0 Å². The van der Waals surface area contributed by atoms with Crippen molar-refractivity contribution < 1.29 is 14.0 Å². The van der Waals surface area contributed by atoms with E-state index in [9.17, 15) is 14.0 Å². The highest BCUT2D eigenvalue weighted by Crippen LogP contribution is 2.23. The minimum atomic E-state index is -0.582. The Hall–Kier alpha value is -1.95. The van der Waals surface area contributed by atoms with Gasteiger partial charge in [-0.15, -0.1) is 0 Å². The number of benzene rings is 1. The number of piperazine rings is 1. The lowest BCUT2D eigenvalue weighted by molar-refractivity contribution is -0.132. The molecule has 1 aliphatic rings. The van der Waals surface area contributed by atoms with Gasteiger partial charge >= 0.3 is 0 Å². The average molecular weight is 251 g/mol. The summed E-state index contributed by atoms with van der Waals surface area (Å²) >= 11 is 0. The van der Waals surface area contributed by atoms with Crippen LogP contribution >= 0.6 is 0 Å². The van der Waals surface area contributed by atoms with Gasteiger partial charge in [-0.1, -0.05) is 6.07 Å². The minimum Gasteiger partial charge on any atom is -0.348 e. The molecule has 0 spiro atoms. The quantitative estimate of drug-likeness (QED) is 0.733. The van der Waals surface area contributed by atoms with Crippen LogP contribution in [0.3, 0.4) is 0 Å². The molecule has 0 saturated carbocycles. The predicted molar refractivity (Wildman–Crippen MR) is 64.2 cm³/mol. The molecule has 0 radical (unpaired) electrons. The number of nitrogens with one attached hydrogen (secondary N) is 1. The van der Waals surface area contributed by atoms with Crippen molar-refractivity contribution >= 4 is 17.5 Å². The molecule has 1 unspecified atom stereocenters. The van der Waals surface area contributed by atoms with Crippen molar-refractivity contribution in [1.82, 2.24) is 5.32 Å². The Morgan fingerprint density at radius 2 is 2.22 bits per heavy atom. The van der Waals surface area contributed by atoms with Crippen LogP contribution in [0.4, 0.5) is 10.1 Å². The summed E-state index contributed by atoms with van der Waals surface area (Å²) in [6, 6.07) is 3.96. The highest BCUT2D eigenvalue weighted by molar-refractivity contribution is 6.04. The number of carbonyl (C=O) groups excluding carboxylic acids is 2. The number of hydrogen-bond donors (Lipinski definition) is 2. The van der Waals surface area contributed by atoms with Crippen LogP contribution in [-0.2, 0) is 16.1 Å². The number of halogens is 1. The van der Waals surface area contributed by atoms with E-state index in [1.54, 1.807) is 19.1 Å². The molecule has 1 fully saturated rings. The second-order valence-corrected chi connectivity index (χ2v) is 4.21. The fourth-order valence-corrected chi connectivity index (χ4v) is 1.92. The summed E-state index contributed by atoms with van der Waals surface area (Å²) in [5.41, 5.74) is 6.32. The van der Waals surface area contributed by atoms with Gasteiger partial charge in [0.15, 0.2) is 0 Å². The third-order valence-corrected chi connectivity index (χ3v) is 2.98. The molecule has 1 aromatic rings. The van der Waals surface area contributed by atoms with Crippen molar-refractivity contribution in [3.8, 4) is 0 Å². The number of rotatable bonds is 2. The second kappa shape index (κ2) is 4.73. The average Bonchev–Trinajstić information content (AvgIpc) is 2.34. The maximum atomic E-state index is 13.9. The van der Waals surface area contributed by atoms with E-state index >= 15 is 0 Å². The zero-order chi connectivity index (χ0) is 13.3. The Balaban J connectivity index is 2.35. The standard InChI is InChI=1S/C12H14FN3O2/c1-7-12(18)15-11(17)6-16(7)10-3-2-8(5-14)4-9(10)13/h2-4,7H,5-6,14H2,1H3,(H,15,17,18). The molecule has 1 aromatic carbocycles. The number of anilines is 1. The van der Waals surface area contributed by atoms with Gasteiger partial charge in [0.25, 0.3) is 0 Å². The van der Waals surface area contributed by atoms with Gasteiger partial charge in [0.05, 0.1) is 12.2 Å². The Labute approximate surface area is 104 Å². The second-order valence-electron chi connectivity index (χ2n) is 4.21. The third-order valence-electron chi connectivity index (χ3n) is 2.98. The van der Waals surface area contributed by atoms with Crippen molar-refractivity contribution in [2.75, 3.05) is 11.4 Å². The van der Waals surface area contributed by atoms with Crippen LogP contribution in [0.1, 0.15) is 12.5 Å². The van der Waals surface area contributed by atoms with Crippen LogP contribution in [0.5, 0.6) is 0 Å². The van der Waals surface area contributed by atoms with Crippen molar-refractivity contribution in [2.24, 2.45) is 5.73 Å². The molecule has 1 atom stereocenters. The summed E-state index contributed by atoms with van der Waals surface area (Å²) in [6.07, 6.45) is 0. The largest absolute Gasteiger partial charge is 0.348 e. The smallest absolute Gasteiger partial charge is 0.249 e. The fourth-order valence-electron chi connectivity index (χ4n) is 1.92. The summed E-state index contributed by atoms with van der Waals surface area (Å²) in [5, 5.41) is 2.21. The van der Waals surface area contributed by atoms with E-state index in [4.69, 9.17) is 5.73 Å². The first-order valence-electron chi connectivity index (χ1n) is 5.61. The molecule has 1 heterocycles. The monoisotopic (exact) mass is 251 g/mol. The Kier molecular flexibility index (Phi) is 3.29. The molecule has 18 heavy (non-hydrogen) atoms. The summed E-state index contributed by atoms with van der Waals surface area (Å²) < 4.78 is 13.9. The zero-order valence-corrected chi connectivity index (χ0v) is 9.94. The summed E-state index contributed by atoms with van der Waals surface area (Å²) in [4.78, 5) is 24.3. The normalized spacial score (nSPS) is 19.9. The van der Waals surface area contributed by atoms with E-state index in [1.807, 2.05) is 0 Å². The number of hydrogen-bond acceptors (Lipinski definition) is 4. The molecule has 0 aromatic heterocycles. The number of amides is 2. The first-order chi connectivity index (χ1) is 8.52. The van der Waals surface area contributed by atoms with Crippen LogP contribution in [0, 0.1) is 5.82 Å². The molecule has 6 heteroatoms. The maximum absolute atomic E-state index is 13.9. The predicted octanol–water partition coefficient (Wildman–Crippen LogP) is 0.136. The highest BCUT2D eigenvalue weighted by Gasteiger charge is 2.31. The van der Waals surface area contributed by atoms with E-state index in [0.29, 0.717) is 5.56 Å². The summed E-state index contributed by atoms with van der Waals surface area (Å²) in [6.45, 7) is 1.83. The van der Waals surface area contributed by atoms with Gasteiger partial charge in [-0.25, -0.2) is 4.39 Å². The SMILES string of the molecule is CC1C(=O)NC(=O)CN1c1ccc(CN)cc1F. The molecule has 5 nitrogen and oxygen atoms in total.